The summed E-state index contributed by atoms with van der Waals surface area (Å²) in [6, 6.07) is 6.88. The van der Waals surface area contributed by atoms with Crippen LogP contribution in [0.3, 0.4) is 0 Å². The maximum atomic E-state index is 13.6. The van der Waals surface area contributed by atoms with Crippen molar-refractivity contribution in [3.05, 3.63) is 67.9 Å². The molecule has 0 aliphatic carbocycles. The number of halogens is 3. The number of aromatic nitrogens is 2. The van der Waals surface area contributed by atoms with Gasteiger partial charge in [0.05, 0.1) is 27.2 Å². The molecule has 7 heteroatoms. The summed E-state index contributed by atoms with van der Waals surface area (Å²) in [5, 5.41) is 0.554. The number of hydrogen-bond acceptors (Lipinski definition) is 3. The van der Waals surface area contributed by atoms with Crippen molar-refractivity contribution in [2.24, 2.45) is 0 Å². The molecule has 22 heavy (non-hydrogen) atoms. The van der Waals surface area contributed by atoms with Crippen LogP contribution < -0.4 is 5.56 Å². The first-order valence-electron chi connectivity index (χ1n) is 6.24. The number of benzene rings is 2. The molecule has 1 aromatic heterocycles. The summed E-state index contributed by atoms with van der Waals surface area (Å²) in [7, 11) is 0. The fraction of sp³-hybridized carbons (Fsp3) is 0. The van der Waals surface area contributed by atoms with E-state index in [-0.39, 0.29) is 22.1 Å². The van der Waals surface area contributed by atoms with Crippen molar-refractivity contribution in [3.8, 4) is 5.69 Å². The number of fused-ring (bicyclic) bond motifs is 4. The summed E-state index contributed by atoms with van der Waals surface area (Å²) in [4.78, 5) is 29.2. The standard InChI is InChI=1S/C15H5Cl2FN2O2/c16-6-1-2-7-11(3-6)19-14-13(21)8-4-10(18)9(17)5-12(8)20(14)15(7)22/h1-5H. The Morgan fingerprint density at radius 2 is 1.86 bits per heavy atom. The molecule has 0 fully saturated rings. The average Bonchev–Trinajstić information content (AvgIpc) is 2.73. The molecule has 108 valence electrons. The zero-order valence-corrected chi connectivity index (χ0v) is 12.2. The first-order valence-corrected chi connectivity index (χ1v) is 6.99. The van der Waals surface area contributed by atoms with Gasteiger partial charge in [0.15, 0.2) is 5.82 Å². The molecular formula is C15H5Cl2FN2O2. The molecule has 0 radical (unpaired) electrons. The topological polar surface area (TPSA) is 52.0 Å². The normalized spacial score (nSPS) is 12.6. The molecule has 1 aliphatic heterocycles. The molecule has 3 aromatic rings. The Labute approximate surface area is 132 Å². The van der Waals surface area contributed by atoms with E-state index in [9.17, 15) is 14.0 Å². The molecule has 4 rings (SSSR count). The molecule has 0 bridgehead atoms. The van der Waals surface area contributed by atoms with Crippen LogP contribution in [0.25, 0.3) is 16.6 Å². The van der Waals surface area contributed by atoms with E-state index in [1.54, 1.807) is 6.07 Å². The lowest BCUT2D eigenvalue weighted by Crippen LogP contribution is -2.21. The van der Waals surface area contributed by atoms with E-state index in [1.165, 1.54) is 18.2 Å². The predicted octanol–water partition coefficient (Wildman–Crippen LogP) is 3.38. The Balaban J connectivity index is 2.17. The van der Waals surface area contributed by atoms with Crippen molar-refractivity contribution in [2.45, 2.75) is 0 Å². The SMILES string of the molecule is O=C1c2cc(F)c(Cl)cc2-n2c1nc1cc(Cl)ccc1c2=O. The van der Waals surface area contributed by atoms with E-state index in [1.807, 2.05) is 0 Å². The van der Waals surface area contributed by atoms with Gasteiger partial charge in [0.2, 0.25) is 5.78 Å². The van der Waals surface area contributed by atoms with E-state index in [4.69, 9.17) is 23.2 Å². The van der Waals surface area contributed by atoms with Crippen LogP contribution in [0.5, 0.6) is 0 Å². The third-order valence-corrected chi connectivity index (χ3v) is 4.08. The third kappa shape index (κ3) is 1.66. The molecule has 4 nitrogen and oxygen atoms in total. The van der Waals surface area contributed by atoms with E-state index < -0.39 is 17.2 Å². The lowest BCUT2D eigenvalue weighted by atomic mass is 10.1. The monoisotopic (exact) mass is 334 g/mol. The minimum absolute atomic E-state index is 0.0629. The van der Waals surface area contributed by atoms with Gasteiger partial charge in [0, 0.05) is 5.02 Å². The molecular weight excluding hydrogens is 330 g/mol. The smallest absolute Gasteiger partial charge is 0.266 e. The number of rotatable bonds is 0. The maximum Gasteiger partial charge on any atom is 0.266 e. The van der Waals surface area contributed by atoms with Gasteiger partial charge in [0.25, 0.3) is 5.56 Å². The molecule has 1 aliphatic rings. The van der Waals surface area contributed by atoms with Crippen molar-refractivity contribution in [2.75, 3.05) is 0 Å². The average molecular weight is 335 g/mol. The summed E-state index contributed by atoms with van der Waals surface area (Å²) in [6.45, 7) is 0. The molecule has 0 saturated carbocycles. The highest BCUT2D eigenvalue weighted by molar-refractivity contribution is 6.31. The second kappa shape index (κ2) is 4.38. The number of ketones is 1. The Hall–Kier alpha value is -2.24. The number of nitrogens with zero attached hydrogens (tertiary/aromatic N) is 2. The van der Waals surface area contributed by atoms with Gasteiger partial charge in [0.1, 0.15) is 5.82 Å². The van der Waals surface area contributed by atoms with Crippen molar-refractivity contribution in [1.29, 1.82) is 0 Å². The summed E-state index contributed by atoms with van der Waals surface area (Å²) in [5.74, 6) is -1.32. The zero-order chi connectivity index (χ0) is 15.6. The summed E-state index contributed by atoms with van der Waals surface area (Å²) < 4.78 is 14.7. The van der Waals surface area contributed by atoms with Crippen molar-refractivity contribution < 1.29 is 9.18 Å². The number of carbonyl (C=O) groups excluding carboxylic acids is 1. The van der Waals surface area contributed by atoms with Gasteiger partial charge in [-0.2, -0.15) is 0 Å². The van der Waals surface area contributed by atoms with E-state index in [0.717, 1.165) is 10.6 Å². The summed E-state index contributed by atoms with van der Waals surface area (Å²) in [6.07, 6.45) is 0. The lowest BCUT2D eigenvalue weighted by molar-refractivity contribution is 0.103. The minimum Gasteiger partial charge on any atom is -0.285 e. The van der Waals surface area contributed by atoms with Crippen molar-refractivity contribution in [3.63, 3.8) is 0 Å². The molecule has 0 unspecified atom stereocenters. The largest absolute Gasteiger partial charge is 0.285 e. The van der Waals surface area contributed by atoms with Crippen LogP contribution >= 0.6 is 23.2 Å². The number of hydrogen-bond donors (Lipinski definition) is 0. The first-order chi connectivity index (χ1) is 10.5. The highest BCUT2D eigenvalue weighted by Gasteiger charge is 2.31. The van der Waals surface area contributed by atoms with Crippen LogP contribution in [-0.2, 0) is 0 Å². The van der Waals surface area contributed by atoms with Crippen LogP contribution in [0.4, 0.5) is 4.39 Å². The van der Waals surface area contributed by atoms with Gasteiger partial charge in [-0.05, 0) is 30.3 Å². The fourth-order valence-corrected chi connectivity index (χ4v) is 2.88. The molecule has 0 amide bonds. The van der Waals surface area contributed by atoms with Crippen LogP contribution in [0.1, 0.15) is 16.2 Å². The summed E-state index contributed by atoms with van der Waals surface area (Å²) in [5.41, 5.74) is 0.191. The predicted molar refractivity (Wildman–Crippen MR) is 80.8 cm³/mol. The maximum absolute atomic E-state index is 13.6. The third-order valence-electron chi connectivity index (χ3n) is 3.56. The molecule has 0 atom stereocenters. The number of carbonyl (C=O) groups is 1. The van der Waals surface area contributed by atoms with Gasteiger partial charge in [-0.25, -0.2) is 9.37 Å². The van der Waals surface area contributed by atoms with E-state index >= 15 is 0 Å². The summed E-state index contributed by atoms with van der Waals surface area (Å²) >= 11 is 11.6. The lowest BCUT2D eigenvalue weighted by Gasteiger charge is -2.06. The Bertz CT molecular complexity index is 1060. The van der Waals surface area contributed by atoms with E-state index in [2.05, 4.69) is 4.98 Å². The van der Waals surface area contributed by atoms with Crippen LogP contribution in [0, 0.1) is 5.82 Å². The van der Waals surface area contributed by atoms with Gasteiger partial charge >= 0.3 is 0 Å². The fourth-order valence-electron chi connectivity index (χ4n) is 2.56. The quantitative estimate of drug-likeness (QED) is 0.495. The van der Waals surface area contributed by atoms with Crippen molar-refractivity contribution in [1.82, 2.24) is 9.55 Å². The van der Waals surface area contributed by atoms with E-state index in [0.29, 0.717) is 15.9 Å². The molecule has 0 spiro atoms. The van der Waals surface area contributed by atoms with Gasteiger partial charge in [-0.3, -0.25) is 14.2 Å². The highest BCUT2D eigenvalue weighted by Crippen LogP contribution is 2.30. The highest BCUT2D eigenvalue weighted by atomic mass is 35.5. The van der Waals surface area contributed by atoms with Crippen LogP contribution in [0.15, 0.2) is 35.1 Å². The molecule has 2 heterocycles. The first kappa shape index (κ1) is 13.4. The Morgan fingerprint density at radius 3 is 2.64 bits per heavy atom. The molecule has 0 saturated heterocycles. The second-order valence-electron chi connectivity index (χ2n) is 4.85. The Kier molecular flexibility index (Phi) is 2.67. The minimum atomic E-state index is -0.720. The molecule has 0 N–H and O–H groups in total. The van der Waals surface area contributed by atoms with Gasteiger partial charge in [-0.1, -0.05) is 23.2 Å². The second-order valence-corrected chi connectivity index (χ2v) is 5.69. The van der Waals surface area contributed by atoms with Gasteiger partial charge in [-0.15, -0.1) is 0 Å². The van der Waals surface area contributed by atoms with Gasteiger partial charge < -0.3 is 0 Å². The Morgan fingerprint density at radius 1 is 1.09 bits per heavy atom. The molecule has 2 aromatic carbocycles. The van der Waals surface area contributed by atoms with Crippen molar-refractivity contribution >= 4 is 39.9 Å². The van der Waals surface area contributed by atoms with Crippen LogP contribution in [0.2, 0.25) is 10.0 Å². The van der Waals surface area contributed by atoms with Crippen LogP contribution in [-0.4, -0.2) is 15.3 Å². The zero-order valence-electron chi connectivity index (χ0n) is 10.7.